The summed E-state index contributed by atoms with van der Waals surface area (Å²) in [6.07, 6.45) is 5.41. The number of carbonyl (C=O) groups excluding carboxylic acids is 1. The maximum Gasteiger partial charge on any atom is 0.309 e. The molecular formula is C13H19N3O2S. The Balaban J connectivity index is 1.94. The first-order chi connectivity index (χ1) is 9.24. The highest BCUT2D eigenvalue weighted by atomic mass is 32.2. The number of hydrogen-bond acceptors (Lipinski definition) is 6. The van der Waals surface area contributed by atoms with Crippen LogP contribution in [0.2, 0.25) is 0 Å². The predicted octanol–water partition coefficient (Wildman–Crippen LogP) is 1.98. The topological polar surface area (TPSA) is 55.3 Å². The molecule has 0 radical (unpaired) electrons. The Morgan fingerprint density at radius 2 is 2.26 bits per heavy atom. The number of piperidine rings is 1. The summed E-state index contributed by atoms with van der Waals surface area (Å²) in [6, 6.07) is 1.92. The molecule has 1 aliphatic heterocycles. The fourth-order valence-electron chi connectivity index (χ4n) is 2.21. The minimum Gasteiger partial charge on any atom is -0.466 e. The van der Waals surface area contributed by atoms with E-state index in [9.17, 15) is 4.79 Å². The van der Waals surface area contributed by atoms with Crippen LogP contribution < -0.4 is 4.90 Å². The lowest BCUT2D eigenvalue weighted by Gasteiger charge is -2.31. The molecule has 0 aromatic carbocycles. The Kier molecular flexibility index (Phi) is 5.01. The number of ether oxygens (including phenoxy) is 1. The summed E-state index contributed by atoms with van der Waals surface area (Å²) in [5, 5.41) is 0.782. The van der Waals surface area contributed by atoms with Gasteiger partial charge in [0.2, 0.25) is 0 Å². The van der Waals surface area contributed by atoms with Crippen molar-refractivity contribution in [3.8, 4) is 0 Å². The molecule has 0 N–H and O–H groups in total. The van der Waals surface area contributed by atoms with Gasteiger partial charge >= 0.3 is 5.97 Å². The molecule has 2 heterocycles. The van der Waals surface area contributed by atoms with E-state index < -0.39 is 0 Å². The molecule has 19 heavy (non-hydrogen) atoms. The van der Waals surface area contributed by atoms with E-state index in [-0.39, 0.29) is 11.9 Å². The van der Waals surface area contributed by atoms with Crippen LogP contribution in [0.3, 0.4) is 0 Å². The van der Waals surface area contributed by atoms with Crippen LogP contribution in [0.1, 0.15) is 19.8 Å². The summed E-state index contributed by atoms with van der Waals surface area (Å²) in [5.74, 6) is 0.925. The molecule has 0 amide bonds. The number of nitrogens with zero attached hydrogens (tertiary/aromatic N) is 3. The molecule has 0 aliphatic carbocycles. The van der Waals surface area contributed by atoms with Crippen molar-refractivity contribution < 1.29 is 9.53 Å². The number of esters is 1. The predicted molar refractivity (Wildman–Crippen MR) is 75.4 cm³/mol. The molecule has 104 valence electrons. The molecule has 0 unspecified atom stereocenters. The summed E-state index contributed by atoms with van der Waals surface area (Å²) < 4.78 is 5.07. The lowest BCUT2D eigenvalue weighted by molar-refractivity contribution is -0.148. The van der Waals surface area contributed by atoms with Crippen LogP contribution >= 0.6 is 11.8 Å². The second kappa shape index (κ2) is 6.75. The summed E-state index contributed by atoms with van der Waals surface area (Å²) in [5.41, 5.74) is 0. The molecule has 1 aliphatic rings. The Bertz CT molecular complexity index is 434. The maximum atomic E-state index is 11.7. The smallest absolute Gasteiger partial charge is 0.309 e. The lowest BCUT2D eigenvalue weighted by atomic mass is 9.97. The summed E-state index contributed by atoms with van der Waals surface area (Å²) in [6.45, 7) is 3.99. The fourth-order valence-corrected chi connectivity index (χ4v) is 2.56. The van der Waals surface area contributed by atoms with Crippen molar-refractivity contribution in [2.75, 3.05) is 30.9 Å². The van der Waals surface area contributed by atoms with Gasteiger partial charge in [0, 0.05) is 19.3 Å². The number of hydrogen-bond donors (Lipinski definition) is 0. The molecule has 0 spiro atoms. The molecule has 0 saturated carbocycles. The van der Waals surface area contributed by atoms with Gasteiger partial charge in [-0.15, -0.1) is 0 Å². The minimum absolute atomic E-state index is 0.0399. The number of anilines is 1. The normalized spacial score (nSPS) is 16.4. The van der Waals surface area contributed by atoms with Gasteiger partial charge < -0.3 is 9.64 Å². The highest BCUT2D eigenvalue weighted by Gasteiger charge is 2.26. The summed E-state index contributed by atoms with van der Waals surface area (Å²) in [7, 11) is 0. The lowest BCUT2D eigenvalue weighted by Crippen LogP contribution is -2.37. The Morgan fingerprint density at radius 1 is 1.53 bits per heavy atom. The van der Waals surface area contributed by atoms with Gasteiger partial charge in [0.25, 0.3) is 0 Å². The van der Waals surface area contributed by atoms with E-state index in [1.54, 1.807) is 6.20 Å². The molecule has 1 saturated heterocycles. The maximum absolute atomic E-state index is 11.7. The van der Waals surface area contributed by atoms with Crippen LogP contribution in [0.4, 0.5) is 5.82 Å². The van der Waals surface area contributed by atoms with Crippen molar-refractivity contribution in [3.05, 3.63) is 12.3 Å². The van der Waals surface area contributed by atoms with Crippen LogP contribution in [0.25, 0.3) is 0 Å². The van der Waals surface area contributed by atoms with Gasteiger partial charge in [-0.2, -0.15) is 0 Å². The largest absolute Gasteiger partial charge is 0.466 e. The first kappa shape index (κ1) is 14.1. The van der Waals surface area contributed by atoms with Crippen LogP contribution in [-0.4, -0.2) is 41.9 Å². The van der Waals surface area contributed by atoms with E-state index in [1.807, 2.05) is 19.2 Å². The number of aromatic nitrogens is 2. The van der Waals surface area contributed by atoms with Crippen molar-refractivity contribution in [1.82, 2.24) is 9.97 Å². The van der Waals surface area contributed by atoms with Gasteiger partial charge in [-0.1, -0.05) is 11.8 Å². The van der Waals surface area contributed by atoms with Gasteiger partial charge in [0.1, 0.15) is 5.82 Å². The van der Waals surface area contributed by atoms with Crippen molar-refractivity contribution in [2.24, 2.45) is 5.92 Å². The molecule has 2 rings (SSSR count). The summed E-state index contributed by atoms with van der Waals surface area (Å²) in [4.78, 5) is 22.5. The van der Waals surface area contributed by atoms with E-state index in [1.165, 1.54) is 11.8 Å². The zero-order valence-corrected chi connectivity index (χ0v) is 12.2. The Labute approximate surface area is 117 Å². The highest BCUT2D eigenvalue weighted by Crippen LogP contribution is 2.23. The van der Waals surface area contributed by atoms with Crippen molar-refractivity contribution in [1.29, 1.82) is 0 Å². The van der Waals surface area contributed by atoms with Crippen molar-refractivity contribution in [3.63, 3.8) is 0 Å². The van der Waals surface area contributed by atoms with Crippen molar-refractivity contribution >= 4 is 23.5 Å². The zero-order chi connectivity index (χ0) is 13.7. The standard InChI is InChI=1S/C13H19N3O2S/c1-3-18-12(17)10-5-8-16(9-6-10)11-4-7-14-13(15-11)19-2/h4,7,10H,3,5-6,8-9H2,1-2H3. The van der Waals surface area contributed by atoms with E-state index in [4.69, 9.17) is 4.74 Å². The molecule has 5 nitrogen and oxygen atoms in total. The number of thioether (sulfide) groups is 1. The SMILES string of the molecule is CCOC(=O)C1CCN(c2ccnc(SC)n2)CC1. The van der Waals surface area contributed by atoms with Crippen LogP contribution in [0, 0.1) is 5.92 Å². The van der Waals surface area contributed by atoms with E-state index in [0.717, 1.165) is 36.9 Å². The summed E-state index contributed by atoms with van der Waals surface area (Å²) >= 11 is 1.54. The van der Waals surface area contributed by atoms with Gasteiger partial charge in [0.15, 0.2) is 5.16 Å². The monoisotopic (exact) mass is 281 g/mol. The Morgan fingerprint density at radius 3 is 2.89 bits per heavy atom. The van der Waals surface area contributed by atoms with Gasteiger partial charge in [-0.3, -0.25) is 4.79 Å². The molecule has 6 heteroatoms. The van der Waals surface area contributed by atoms with Gasteiger partial charge in [-0.25, -0.2) is 9.97 Å². The second-order valence-corrected chi connectivity index (χ2v) is 5.19. The first-order valence-corrected chi connectivity index (χ1v) is 7.75. The minimum atomic E-state index is -0.0605. The second-order valence-electron chi connectivity index (χ2n) is 4.41. The number of rotatable bonds is 4. The van der Waals surface area contributed by atoms with Crippen LogP contribution in [0.5, 0.6) is 0 Å². The number of carbonyl (C=O) groups is 1. The van der Waals surface area contributed by atoms with Crippen LogP contribution in [-0.2, 0) is 9.53 Å². The van der Waals surface area contributed by atoms with Gasteiger partial charge in [0.05, 0.1) is 12.5 Å². The molecule has 1 fully saturated rings. The first-order valence-electron chi connectivity index (χ1n) is 6.53. The average Bonchev–Trinajstić information content (AvgIpc) is 2.48. The third-order valence-corrected chi connectivity index (χ3v) is 3.80. The molecular weight excluding hydrogens is 262 g/mol. The third kappa shape index (κ3) is 3.59. The van der Waals surface area contributed by atoms with E-state index >= 15 is 0 Å². The molecule has 1 aromatic rings. The van der Waals surface area contributed by atoms with Gasteiger partial charge in [-0.05, 0) is 32.1 Å². The molecule has 0 bridgehead atoms. The third-order valence-electron chi connectivity index (χ3n) is 3.24. The van der Waals surface area contributed by atoms with Crippen molar-refractivity contribution in [2.45, 2.75) is 24.9 Å². The Hall–Kier alpha value is -1.30. The zero-order valence-electron chi connectivity index (χ0n) is 11.3. The van der Waals surface area contributed by atoms with E-state index in [2.05, 4.69) is 14.9 Å². The fraction of sp³-hybridized carbons (Fsp3) is 0.615. The highest BCUT2D eigenvalue weighted by molar-refractivity contribution is 7.98. The quantitative estimate of drug-likeness (QED) is 0.478. The molecule has 0 atom stereocenters. The van der Waals surface area contributed by atoms with Crippen LogP contribution in [0.15, 0.2) is 17.4 Å². The molecule has 1 aromatic heterocycles. The van der Waals surface area contributed by atoms with E-state index in [0.29, 0.717) is 6.61 Å². The average molecular weight is 281 g/mol.